The Labute approximate surface area is 86.2 Å². The third-order valence-electron chi connectivity index (χ3n) is 1.48. The van der Waals surface area contributed by atoms with Crippen LogP contribution < -0.4 is 4.74 Å². The van der Waals surface area contributed by atoms with E-state index in [0.717, 1.165) is 19.2 Å². The zero-order valence-electron chi connectivity index (χ0n) is 7.67. The second-order valence-electron chi connectivity index (χ2n) is 2.48. The van der Waals surface area contributed by atoms with Gasteiger partial charge in [-0.15, -0.1) is 0 Å². The van der Waals surface area contributed by atoms with Crippen molar-refractivity contribution < 1.29 is 27.2 Å². The molecule has 0 aliphatic heterocycles. The van der Waals surface area contributed by atoms with Crippen molar-refractivity contribution in [1.29, 1.82) is 0 Å². The Balaban J connectivity index is 2.86. The van der Waals surface area contributed by atoms with Gasteiger partial charge in [0.15, 0.2) is 0 Å². The van der Waals surface area contributed by atoms with Crippen LogP contribution in [-0.4, -0.2) is 26.2 Å². The lowest BCUT2D eigenvalue weighted by molar-refractivity contribution is 0.121. The van der Waals surface area contributed by atoms with Crippen molar-refractivity contribution in [3.63, 3.8) is 0 Å². The van der Waals surface area contributed by atoms with Gasteiger partial charge in [-0.25, -0.2) is 13.2 Å². The first-order valence-corrected chi connectivity index (χ1v) is 5.16. The summed E-state index contributed by atoms with van der Waals surface area (Å²) in [5.41, 5.74) is 0. The van der Waals surface area contributed by atoms with Crippen LogP contribution in [0.25, 0.3) is 0 Å². The maximum Gasteiger partial charge on any atom is 0.513 e. The Morgan fingerprint density at radius 2 is 1.80 bits per heavy atom. The Bertz CT molecular complexity index is 447. The molecule has 0 aliphatic rings. The van der Waals surface area contributed by atoms with Crippen molar-refractivity contribution in [2.75, 3.05) is 7.11 Å². The SMILES string of the molecule is COC(=O)Oc1ccc(S(=O)(=O)[O-])cc1. The fraction of sp³-hybridized carbons (Fsp3) is 0.125. The molecule has 0 unspecified atom stereocenters. The van der Waals surface area contributed by atoms with E-state index in [4.69, 9.17) is 0 Å². The number of methoxy groups -OCH3 is 1. The van der Waals surface area contributed by atoms with Crippen LogP contribution in [0, 0.1) is 0 Å². The Kier molecular flexibility index (Phi) is 3.28. The smallest absolute Gasteiger partial charge is 0.513 e. The van der Waals surface area contributed by atoms with Gasteiger partial charge in [0, 0.05) is 0 Å². The van der Waals surface area contributed by atoms with E-state index in [1.165, 1.54) is 12.1 Å². The number of hydrogen-bond donors (Lipinski definition) is 0. The molecule has 1 rings (SSSR count). The van der Waals surface area contributed by atoms with Crippen LogP contribution in [0.15, 0.2) is 29.2 Å². The second kappa shape index (κ2) is 4.28. The fourth-order valence-corrected chi connectivity index (χ4v) is 1.28. The van der Waals surface area contributed by atoms with Gasteiger partial charge in [0.25, 0.3) is 0 Å². The zero-order chi connectivity index (χ0) is 11.5. The van der Waals surface area contributed by atoms with Crippen LogP contribution >= 0.6 is 0 Å². The van der Waals surface area contributed by atoms with Crippen molar-refractivity contribution >= 4 is 16.3 Å². The zero-order valence-corrected chi connectivity index (χ0v) is 8.48. The molecule has 0 fully saturated rings. The van der Waals surface area contributed by atoms with E-state index >= 15 is 0 Å². The highest BCUT2D eigenvalue weighted by Gasteiger charge is 2.05. The first kappa shape index (κ1) is 11.5. The maximum atomic E-state index is 10.6. The average Bonchev–Trinajstić information content (AvgIpc) is 2.17. The molecule has 0 radical (unpaired) electrons. The van der Waals surface area contributed by atoms with Crippen molar-refractivity contribution in [2.45, 2.75) is 4.90 Å². The van der Waals surface area contributed by atoms with E-state index in [1.807, 2.05) is 0 Å². The Morgan fingerprint density at radius 1 is 1.27 bits per heavy atom. The summed E-state index contributed by atoms with van der Waals surface area (Å²) in [5, 5.41) is 0. The predicted octanol–water partition coefficient (Wildman–Crippen LogP) is 0.736. The summed E-state index contributed by atoms with van der Waals surface area (Å²) < 4.78 is 40.4. The lowest BCUT2D eigenvalue weighted by Gasteiger charge is -2.07. The molecule has 82 valence electrons. The van der Waals surface area contributed by atoms with Gasteiger partial charge in [0.2, 0.25) is 0 Å². The van der Waals surface area contributed by atoms with Gasteiger partial charge in [-0.05, 0) is 24.3 Å². The van der Waals surface area contributed by atoms with Crippen LogP contribution in [0.4, 0.5) is 4.79 Å². The summed E-state index contributed by atoms with van der Waals surface area (Å²) in [5.74, 6) is 0.0919. The highest BCUT2D eigenvalue weighted by molar-refractivity contribution is 7.85. The number of rotatable bonds is 2. The van der Waals surface area contributed by atoms with E-state index in [9.17, 15) is 17.8 Å². The largest absolute Gasteiger partial charge is 0.744 e. The summed E-state index contributed by atoms with van der Waals surface area (Å²) in [7, 11) is -3.34. The number of carbonyl (C=O) groups excluding carboxylic acids is 1. The molecule has 0 aliphatic carbocycles. The van der Waals surface area contributed by atoms with Crippen LogP contribution in [0.1, 0.15) is 0 Å². The molecule has 0 heterocycles. The number of carbonyl (C=O) groups is 1. The van der Waals surface area contributed by atoms with Crippen LogP contribution in [0.3, 0.4) is 0 Å². The summed E-state index contributed by atoms with van der Waals surface area (Å²) in [6.07, 6.45) is -0.923. The van der Waals surface area contributed by atoms with Crippen molar-refractivity contribution in [1.82, 2.24) is 0 Å². The quantitative estimate of drug-likeness (QED) is 0.423. The highest BCUT2D eigenvalue weighted by atomic mass is 32.2. The summed E-state index contributed by atoms with van der Waals surface area (Å²) in [6, 6.07) is 4.45. The molecule has 7 heteroatoms. The van der Waals surface area contributed by atoms with Gasteiger partial charge < -0.3 is 14.0 Å². The van der Waals surface area contributed by atoms with Gasteiger partial charge in [0.05, 0.1) is 12.0 Å². The minimum absolute atomic E-state index is 0.0919. The normalized spacial score (nSPS) is 10.8. The maximum absolute atomic E-state index is 10.6. The Morgan fingerprint density at radius 3 is 2.20 bits per heavy atom. The molecule has 0 spiro atoms. The second-order valence-corrected chi connectivity index (χ2v) is 3.86. The molecular weight excluding hydrogens is 224 g/mol. The van der Waals surface area contributed by atoms with Crippen LogP contribution in [0.2, 0.25) is 0 Å². The van der Waals surface area contributed by atoms with Gasteiger partial charge in [-0.1, -0.05) is 0 Å². The monoisotopic (exact) mass is 231 g/mol. The van der Waals surface area contributed by atoms with Gasteiger partial charge >= 0.3 is 6.16 Å². The number of ether oxygens (including phenoxy) is 2. The highest BCUT2D eigenvalue weighted by Crippen LogP contribution is 2.15. The van der Waals surface area contributed by atoms with E-state index in [-0.39, 0.29) is 10.6 Å². The van der Waals surface area contributed by atoms with E-state index in [1.54, 1.807) is 0 Å². The molecule has 0 saturated heterocycles. The standard InChI is InChI=1S/C8H8O6S/c1-13-8(9)14-6-2-4-7(5-3-6)15(10,11)12/h2-5H,1H3,(H,10,11,12)/p-1. The third kappa shape index (κ3) is 3.22. The molecule has 15 heavy (non-hydrogen) atoms. The lowest BCUT2D eigenvalue weighted by atomic mass is 10.3. The summed E-state index contributed by atoms with van der Waals surface area (Å²) >= 11 is 0. The van der Waals surface area contributed by atoms with Crippen LogP contribution in [0.5, 0.6) is 5.75 Å². The predicted molar refractivity (Wildman–Crippen MR) is 47.4 cm³/mol. The molecule has 0 amide bonds. The molecule has 0 atom stereocenters. The lowest BCUT2D eigenvalue weighted by Crippen LogP contribution is -2.07. The summed E-state index contributed by atoms with van der Waals surface area (Å²) in [6.45, 7) is 0. The van der Waals surface area contributed by atoms with E-state index < -0.39 is 16.3 Å². The molecule has 1 aromatic rings. The Hall–Kier alpha value is -1.60. The van der Waals surface area contributed by atoms with Crippen LogP contribution in [-0.2, 0) is 14.9 Å². The summed E-state index contributed by atoms with van der Waals surface area (Å²) in [4.78, 5) is 10.2. The van der Waals surface area contributed by atoms with Gasteiger partial charge in [-0.3, -0.25) is 0 Å². The fourth-order valence-electron chi connectivity index (χ4n) is 0.812. The average molecular weight is 231 g/mol. The molecule has 0 bridgehead atoms. The van der Waals surface area contributed by atoms with E-state index in [2.05, 4.69) is 9.47 Å². The van der Waals surface area contributed by atoms with Crippen molar-refractivity contribution in [3.05, 3.63) is 24.3 Å². The molecule has 0 saturated carbocycles. The molecular formula is C8H7O6S-. The molecule has 1 aromatic carbocycles. The molecule has 6 nitrogen and oxygen atoms in total. The third-order valence-corrected chi connectivity index (χ3v) is 2.33. The van der Waals surface area contributed by atoms with Crippen molar-refractivity contribution in [3.8, 4) is 5.75 Å². The topological polar surface area (TPSA) is 92.7 Å². The number of benzene rings is 1. The molecule has 0 N–H and O–H groups in total. The first-order valence-electron chi connectivity index (χ1n) is 3.75. The van der Waals surface area contributed by atoms with Crippen molar-refractivity contribution in [2.24, 2.45) is 0 Å². The molecule has 0 aromatic heterocycles. The van der Waals surface area contributed by atoms with E-state index in [0.29, 0.717) is 0 Å². The van der Waals surface area contributed by atoms with Gasteiger partial charge in [0.1, 0.15) is 15.9 Å². The number of hydrogen-bond acceptors (Lipinski definition) is 6. The van der Waals surface area contributed by atoms with Gasteiger partial charge in [-0.2, -0.15) is 0 Å². The minimum atomic E-state index is -4.48. The first-order chi connectivity index (χ1) is 6.93. The minimum Gasteiger partial charge on any atom is -0.744 e.